The summed E-state index contributed by atoms with van der Waals surface area (Å²) in [4.78, 5) is 14.2. The molecule has 0 bridgehead atoms. The first-order valence-corrected chi connectivity index (χ1v) is 5.80. The summed E-state index contributed by atoms with van der Waals surface area (Å²) >= 11 is 0. The Hall–Kier alpha value is -1.32. The lowest BCUT2D eigenvalue weighted by molar-refractivity contribution is -0.140. The summed E-state index contributed by atoms with van der Waals surface area (Å²) < 4.78 is 0. The molecule has 2 heterocycles. The van der Waals surface area contributed by atoms with Crippen LogP contribution in [0.1, 0.15) is 45.3 Å². The second-order valence-electron chi connectivity index (χ2n) is 5.42. The molecule has 16 heavy (non-hydrogen) atoms. The topological polar surface area (TPSA) is 49.0 Å². The molecule has 0 aliphatic carbocycles. The number of carbonyl (C=O) groups excluding carboxylic acids is 1. The quantitative estimate of drug-likeness (QED) is 0.789. The molecule has 0 unspecified atom stereocenters. The predicted octanol–water partition coefficient (Wildman–Crippen LogP) is 2.12. The molecule has 0 spiro atoms. The zero-order chi connectivity index (χ0) is 11.8. The molecule has 4 heteroatoms. The summed E-state index contributed by atoms with van der Waals surface area (Å²) in [6, 6.07) is 2.15. The van der Waals surface area contributed by atoms with Crippen molar-refractivity contribution in [3.8, 4) is 0 Å². The van der Waals surface area contributed by atoms with E-state index in [0.29, 0.717) is 0 Å². The van der Waals surface area contributed by atoms with E-state index in [1.807, 2.05) is 31.7 Å². The molecule has 1 fully saturated rings. The van der Waals surface area contributed by atoms with Crippen LogP contribution in [0.4, 0.5) is 0 Å². The van der Waals surface area contributed by atoms with Crippen molar-refractivity contribution in [3.63, 3.8) is 0 Å². The average molecular weight is 221 g/mol. The molecule has 0 saturated carbocycles. The van der Waals surface area contributed by atoms with Gasteiger partial charge in [-0.25, -0.2) is 0 Å². The molecular weight excluding hydrogens is 202 g/mol. The van der Waals surface area contributed by atoms with E-state index in [0.717, 1.165) is 25.1 Å². The van der Waals surface area contributed by atoms with Gasteiger partial charge in [0.1, 0.15) is 0 Å². The van der Waals surface area contributed by atoms with E-state index in [4.69, 9.17) is 0 Å². The molecule has 0 radical (unpaired) electrons. The van der Waals surface area contributed by atoms with E-state index >= 15 is 0 Å². The van der Waals surface area contributed by atoms with Crippen LogP contribution in [0.15, 0.2) is 12.3 Å². The molecule has 1 atom stereocenters. The molecule has 1 amide bonds. The molecule has 1 N–H and O–H groups in total. The molecule has 1 aromatic heterocycles. The molecular formula is C12H19N3O. The molecule has 1 aromatic rings. The summed E-state index contributed by atoms with van der Waals surface area (Å²) in [5.74, 6) is 0.226. The van der Waals surface area contributed by atoms with Gasteiger partial charge in [0.25, 0.3) is 0 Å². The third kappa shape index (κ3) is 1.96. The standard InChI is InChI=1S/C12H19N3O/c1-12(2,3)11(16)15-8-4-5-10(15)9-6-7-13-14-9/h6-7,10H,4-5,8H2,1-3H3,(H,13,14)/t10-/m0/s1. The first-order chi connectivity index (χ1) is 7.50. The number of nitrogens with one attached hydrogen (secondary N) is 1. The lowest BCUT2D eigenvalue weighted by Gasteiger charge is -2.30. The highest BCUT2D eigenvalue weighted by Gasteiger charge is 2.36. The van der Waals surface area contributed by atoms with Crippen molar-refractivity contribution in [2.24, 2.45) is 5.41 Å². The van der Waals surface area contributed by atoms with Crippen molar-refractivity contribution in [3.05, 3.63) is 18.0 Å². The van der Waals surface area contributed by atoms with Gasteiger partial charge in [0.2, 0.25) is 5.91 Å². The van der Waals surface area contributed by atoms with Gasteiger partial charge >= 0.3 is 0 Å². The number of amides is 1. The van der Waals surface area contributed by atoms with E-state index < -0.39 is 0 Å². The van der Waals surface area contributed by atoms with Crippen LogP contribution in [-0.4, -0.2) is 27.5 Å². The monoisotopic (exact) mass is 221 g/mol. The second-order valence-corrected chi connectivity index (χ2v) is 5.42. The molecule has 88 valence electrons. The Morgan fingerprint density at radius 3 is 2.88 bits per heavy atom. The van der Waals surface area contributed by atoms with Crippen molar-refractivity contribution in [2.45, 2.75) is 39.7 Å². The SMILES string of the molecule is CC(C)(C)C(=O)N1CCC[C@H]1c1ccn[nH]1. The van der Waals surface area contributed by atoms with Crippen LogP contribution in [0.3, 0.4) is 0 Å². The average Bonchev–Trinajstić information content (AvgIpc) is 2.85. The molecule has 2 rings (SSSR count). The van der Waals surface area contributed by atoms with Crippen LogP contribution in [0, 0.1) is 5.41 Å². The Morgan fingerprint density at radius 1 is 1.56 bits per heavy atom. The van der Waals surface area contributed by atoms with Crippen LogP contribution < -0.4 is 0 Å². The lowest BCUT2D eigenvalue weighted by atomic mass is 9.94. The first kappa shape index (κ1) is 11.2. The second kappa shape index (κ2) is 3.92. The fourth-order valence-corrected chi connectivity index (χ4v) is 2.22. The number of H-pyrrole nitrogens is 1. The summed E-state index contributed by atoms with van der Waals surface area (Å²) in [6.45, 7) is 6.77. The van der Waals surface area contributed by atoms with Crippen LogP contribution in [0.5, 0.6) is 0 Å². The van der Waals surface area contributed by atoms with Crippen molar-refractivity contribution in [1.82, 2.24) is 15.1 Å². The highest BCUT2D eigenvalue weighted by molar-refractivity contribution is 5.82. The number of aromatic nitrogens is 2. The number of rotatable bonds is 1. The predicted molar refractivity (Wildman–Crippen MR) is 61.7 cm³/mol. The summed E-state index contributed by atoms with van der Waals surface area (Å²) in [7, 11) is 0. The minimum absolute atomic E-state index is 0.189. The number of hydrogen-bond acceptors (Lipinski definition) is 2. The van der Waals surface area contributed by atoms with Crippen LogP contribution >= 0.6 is 0 Å². The lowest BCUT2D eigenvalue weighted by Crippen LogP contribution is -2.39. The van der Waals surface area contributed by atoms with Gasteiger partial charge in [-0.2, -0.15) is 5.10 Å². The highest BCUT2D eigenvalue weighted by atomic mass is 16.2. The van der Waals surface area contributed by atoms with Gasteiger partial charge < -0.3 is 4.90 Å². The fraction of sp³-hybridized carbons (Fsp3) is 0.667. The van der Waals surface area contributed by atoms with Crippen LogP contribution in [-0.2, 0) is 4.79 Å². The maximum atomic E-state index is 12.3. The number of hydrogen-bond donors (Lipinski definition) is 1. The molecule has 1 aliphatic heterocycles. The maximum absolute atomic E-state index is 12.3. The van der Waals surface area contributed by atoms with Crippen molar-refractivity contribution >= 4 is 5.91 Å². The third-order valence-electron chi connectivity index (χ3n) is 3.04. The molecule has 1 aliphatic rings. The Kier molecular flexibility index (Phi) is 2.74. The Balaban J connectivity index is 2.19. The number of nitrogens with zero attached hydrogens (tertiary/aromatic N) is 2. The van der Waals surface area contributed by atoms with E-state index in [1.54, 1.807) is 6.20 Å². The zero-order valence-electron chi connectivity index (χ0n) is 10.2. The number of aromatic amines is 1. The number of carbonyl (C=O) groups is 1. The first-order valence-electron chi connectivity index (χ1n) is 5.80. The summed E-state index contributed by atoms with van der Waals surface area (Å²) in [6.07, 6.45) is 3.85. The van der Waals surface area contributed by atoms with E-state index in [2.05, 4.69) is 10.2 Å². The minimum atomic E-state index is -0.303. The molecule has 0 aromatic carbocycles. The van der Waals surface area contributed by atoms with Gasteiger partial charge in [-0.05, 0) is 18.9 Å². The zero-order valence-corrected chi connectivity index (χ0v) is 10.2. The smallest absolute Gasteiger partial charge is 0.228 e. The van der Waals surface area contributed by atoms with Gasteiger partial charge in [0, 0.05) is 18.2 Å². The van der Waals surface area contributed by atoms with Gasteiger partial charge in [-0.1, -0.05) is 20.8 Å². The van der Waals surface area contributed by atoms with Crippen molar-refractivity contribution < 1.29 is 4.79 Å². The summed E-state index contributed by atoms with van der Waals surface area (Å²) in [5.41, 5.74) is 0.748. The van der Waals surface area contributed by atoms with Gasteiger partial charge in [0.15, 0.2) is 0 Å². The maximum Gasteiger partial charge on any atom is 0.228 e. The normalized spacial score (nSPS) is 21.4. The number of likely N-dealkylation sites (tertiary alicyclic amines) is 1. The van der Waals surface area contributed by atoms with Crippen LogP contribution in [0.25, 0.3) is 0 Å². The Bertz CT molecular complexity index is 364. The fourth-order valence-electron chi connectivity index (χ4n) is 2.22. The van der Waals surface area contributed by atoms with Gasteiger partial charge in [-0.15, -0.1) is 0 Å². The Morgan fingerprint density at radius 2 is 2.31 bits per heavy atom. The van der Waals surface area contributed by atoms with Crippen molar-refractivity contribution in [2.75, 3.05) is 6.54 Å². The molecule has 4 nitrogen and oxygen atoms in total. The minimum Gasteiger partial charge on any atom is -0.334 e. The Labute approximate surface area is 96.0 Å². The van der Waals surface area contributed by atoms with E-state index in [9.17, 15) is 4.79 Å². The van der Waals surface area contributed by atoms with Gasteiger partial charge in [0.05, 0.1) is 11.7 Å². The summed E-state index contributed by atoms with van der Waals surface area (Å²) in [5, 5.41) is 6.93. The third-order valence-corrected chi connectivity index (χ3v) is 3.04. The van der Waals surface area contributed by atoms with E-state index in [1.165, 1.54) is 0 Å². The largest absolute Gasteiger partial charge is 0.334 e. The molecule has 1 saturated heterocycles. The van der Waals surface area contributed by atoms with Gasteiger partial charge in [-0.3, -0.25) is 9.89 Å². The van der Waals surface area contributed by atoms with Crippen LogP contribution in [0.2, 0.25) is 0 Å². The highest BCUT2D eigenvalue weighted by Crippen LogP contribution is 2.34. The van der Waals surface area contributed by atoms with E-state index in [-0.39, 0.29) is 17.4 Å². The van der Waals surface area contributed by atoms with Crippen molar-refractivity contribution in [1.29, 1.82) is 0 Å².